The maximum Gasteiger partial charge on any atom is 0.338 e. The van der Waals surface area contributed by atoms with Crippen LogP contribution in [0.5, 0.6) is 5.75 Å². The highest BCUT2D eigenvalue weighted by Crippen LogP contribution is 2.31. The first kappa shape index (κ1) is 21.5. The lowest BCUT2D eigenvalue weighted by atomic mass is 9.94. The molecule has 0 unspecified atom stereocenters. The van der Waals surface area contributed by atoms with Crippen molar-refractivity contribution in [3.63, 3.8) is 0 Å². The van der Waals surface area contributed by atoms with Gasteiger partial charge >= 0.3 is 5.97 Å². The van der Waals surface area contributed by atoms with Gasteiger partial charge in [-0.25, -0.2) is 9.18 Å². The van der Waals surface area contributed by atoms with Crippen LogP contribution in [0, 0.1) is 5.82 Å². The van der Waals surface area contributed by atoms with Crippen molar-refractivity contribution in [3.8, 4) is 16.9 Å². The van der Waals surface area contributed by atoms with E-state index in [0.29, 0.717) is 12.1 Å². The van der Waals surface area contributed by atoms with Crippen LogP contribution in [0.15, 0.2) is 78.9 Å². The summed E-state index contributed by atoms with van der Waals surface area (Å²) in [5.41, 5.74) is 3.51. The van der Waals surface area contributed by atoms with E-state index in [1.165, 1.54) is 17.7 Å². The number of rotatable bonds is 8. The van der Waals surface area contributed by atoms with Gasteiger partial charge in [0.2, 0.25) is 0 Å². The monoisotopic (exact) mass is 429 g/mol. The Kier molecular flexibility index (Phi) is 6.47. The van der Waals surface area contributed by atoms with Crippen LogP contribution in [-0.2, 0) is 13.0 Å². The molecule has 0 aromatic heterocycles. The quantitative estimate of drug-likeness (QED) is 0.354. The van der Waals surface area contributed by atoms with Crippen LogP contribution in [0.4, 0.5) is 4.39 Å². The molecule has 0 spiro atoms. The maximum atomic E-state index is 13.9. The molecule has 5 heteroatoms. The van der Waals surface area contributed by atoms with Gasteiger partial charge in [-0.2, -0.15) is 0 Å². The average molecular weight is 429 g/mol. The number of carbonyl (C=O) groups is 1. The number of carboxylic acid groups (broad SMARTS) is 1. The van der Waals surface area contributed by atoms with Gasteiger partial charge in [0.05, 0.1) is 12.7 Å². The van der Waals surface area contributed by atoms with E-state index in [0.717, 1.165) is 40.6 Å². The number of fused-ring (bicyclic) bond motifs is 1. The summed E-state index contributed by atoms with van der Waals surface area (Å²) in [6.07, 6.45) is 0.873. The summed E-state index contributed by atoms with van der Waals surface area (Å²) in [6.45, 7) is 1.46. The highest BCUT2D eigenvalue weighted by atomic mass is 19.1. The predicted octanol–water partition coefficient (Wildman–Crippen LogP) is 5.69. The zero-order valence-electron chi connectivity index (χ0n) is 17.8. The van der Waals surface area contributed by atoms with E-state index < -0.39 is 11.8 Å². The second kappa shape index (κ2) is 9.62. The van der Waals surface area contributed by atoms with Crippen molar-refractivity contribution in [1.29, 1.82) is 0 Å². The molecular formula is C27H24FNO3. The summed E-state index contributed by atoms with van der Waals surface area (Å²) >= 11 is 0. The number of methoxy groups -OCH3 is 1. The molecule has 0 heterocycles. The van der Waals surface area contributed by atoms with Crippen molar-refractivity contribution >= 4 is 16.7 Å². The molecule has 0 saturated heterocycles. The van der Waals surface area contributed by atoms with Gasteiger partial charge in [-0.05, 0) is 82.4 Å². The number of halogens is 1. The molecule has 4 aromatic carbocycles. The minimum atomic E-state index is -1.27. The molecule has 2 N–H and O–H groups in total. The fraction of sp³-hybridized carbons (Fsp3) is 0.148. The van der Waals surface area contributed by atoms with E-state index in [-0.39, 0.29) is 5.56 Å². The highest BCUT2D eigenvalue weighted by Gasteiger charge is 2.14. The molecule has 0 saturated carbocycles. The Morgan fingerprint density at radius 1 is 0.969 bits per heavy atom. The minimum absolute atomic E-state index is 0.326. The van der Waals surface area contributed by atoms with Crippen LogP contribution in [0.2, 0.25) is 0 Å². The fourth-order valence-electron chi connectivity index (χ4n) is 3.86. The van der Waals surface area contributed by atoms with E-state index in [1.54, 1.807) is 13.2 Å². The lowest BCUT2D eigenvalue weighted by molar-refractivity contribution is 0.0692. The minimum Gasteiger partial charge on any atom is -0.497 e. The van der Waals surface area contributed by atoms with Gasteiger partial charge in [0.1, 0.15) is 11.6 Å². The molecule has 4 aromatic rings. The molecule has 0 amide bonds. The number of benzene rings is 4. The molecule has 162 valence electrons. The SMILES string of the molecule is COc1cccc(CCNCc2cc(-c3ccc(F)c(C(=O)O)c3)c3ccccc3c2)c1. The first-order chi connectivity index (χ1) is 15.5. The van der Waals surface area contributed by atoms with Gasteiger partial charge in [-0.3, -0.25) is 0 Å². The summed E-state index contributed by atoms with van der Waals surface area (Å²) in [6, 6.07) is 24.4. The first-order valence-corrected chi connectivity index (χ1v) is 10.4. The molecule has 32 heavy (non-hydrogen) atoms. The smallest absolute Gasteiger partial charge is 0.338 e. The van der Waals surface area contributed by atoms with Crippen LogP contribution in [0.1, 0.15) is 21.5 Å². The Labute approximate surface area is 186 Å². The Morgan fingerprint density at radius 3 is 2.62 bits per heavy atom. The zero-order valence-corrected chi connectivity index (χ0v) is 17.8. The van der Waals surface area contributed by atoms with Gasteiger partial charge in [0.15, 0.2) is 0 Å². The van der Waals surface area contributed by atoms with Crippen LogP contribution in [0.25, 0.3) is 21.9 Å². The van der Waals surface area contributed by atoms with Gasteiger partial charge in [0, 0.05) is 6.54 Å². The zero-order chi connectivity index (χ0) is 22.5. The summed E-state index contributed by atoms with van der Waals surface area (Å²) in [5, 5.41) is 14.8. The third-order valence-corrected chi connectivity index (χ3v) is 5.48. The molecule has 0 aliphatic carbocycles. The number of ether oxygens (including phenoxy) is 1. The topological polar surface area (TPSA) is 58.6 Å². The number of hydrogen-bond donors (Lipinski definition) is 2. The molecule has 0 aliphatic rings. The molecule has 4 nitrogen and oxygen atoms in total. The summed E-state index contributed by atoms with van der Waals surface area (Å²) < 4.78 is 19.2. The largest absolute Gasteiger partial charge is 0.497 e. The van der Waals surface area contributed by atoms with Crippen molar-refractivity contribution < 1.29 is 19.0 Å². The standard InChI is InChI=1S/C27H24FNO3/c1-32-22-7-4-5-18(14-22)11-12-29-17-19-13-20-6-2-3-8-23(20)24(15-19)21-9-10-26(28)25(16-21)27(30)31/h2-10,13-16,29H,11-12,17H2,1H3,(H,30,31). The Bertz CT molecular complexity index is 1270. The second-order valence-electron chi connectivity index (χ2n) is 7.64. The predicted molar refractivity (Wildman–Crippen MR) is 125 cm³/mol. The molecule has 0 bridgehead atoms. The Balaban J connectivity index is 1.57. The molecular weight excluding hydrogens is 405 g/mol. The van der Waals surface area contributed by atoms with Gasteiger partial charge in [0.25, 0.3) is 0 Å². The Hall–Kier alpha value is -3.70. The third kappa shape index (κ3) is 4.79. The van der Waals surface area contributed by atoms with E-state index in [4.69, 9.17) is 4.74 Å². The fourth-order valence-corrected chi connectivity index (χ4v) is 3.86. The summed E-state index contributed by atoms with van der Waals surface area (Å²) in [7, 11) is 1.66. The lowest BCUT2D eigenvalue weighted by Gasteiger charge is -2.13. The number of nitrogens with one attached hydrogen (secondary N) is 1. The van der Waals surface area contributed by atoms with Crippen LogP contribution in [0.3, 0.4) is 0 Å². The van der Waals surface area contributed by atoms with Crippen LogP contribution < -0.4 is 10.1 Å². The maximum absolute atomic E-state index is 13.9. The van der Waals surface area contributed by atoms with E-state index >= 15 is 0 Å². The molecule has 0 atom stereocenters. The van der Waals surface area contributed by atoms with Gasteiger partial charge in [-0.15, -0.1) is 0 Å². The van der Waals surface area contributed by atoms with Crippen molar-refractivity contribution in [3.05, 3.63) is 101 Å². The summed E-state index contributed by atoms with van der Waals surface area (Å²) in [4.78, 5) is 11.4. The first-order valence-electron chi connectivity index (χ1n) is 10.4. The third-order valence-electron chi connectivity index (χ3n) is 5.48. The number of aromatic carboxylic acids is 1. The average Bonchev–Trinajstić information content (AvgIpc) is 2.81. The van der Waals surface area contributed by atoms with E-state index in [2.05, 4.69) is 17.4 Å². The van der Waals surface area contributed by atoms with Crippen molar-refractivity contribution in [1.82, 2.24) is 5.32 Å². The van der Waals surface area contributed by atoms with Crippen molar-refractivity contribution in [2.24, 2.45) is 0 Å². The number of hydrogen-bond acceptors (Lipinski definition) is 3. The Morgan fingerprint density at radius 2 is 1.81 bits per heavy atom. The van der Waals surface area contributed by atoms with Gasteiger partial charge < -0.3 is 15.2 Å². The van der Waals surface area contributed by atoms with Crippen molar-refractivity contribution in [2.45, 2.75) is 13.0 Å². The molecule has 0 radical (unpaired) electrons. The van der Waals surface area contributed by atoms with E-state index in [1.807, 2.05) is 48.5 Å². The highest BCUT2D eigenvalue weighted by molar-refractivity contribution is 5.98. The summed E-state index contributed by atoms with van der Waals surface area (Å²) in [5.74, 6) is -1.16. The lowest BCUT2D eigenvalue weighted by Crippen LogP contribution is -2.16. The van der Waals surface area contributed by atoms with Crippen LogP contribution in [-0.4, -0.2) is 24.7 Å². The van der Waals surface area contributed by atoms with E-state index in [9.17, 15) is 14.3 Å². The van der Waals surface area contributed by atoms with Crippen LogP contribution >= 0.6 is 0 Å². The van der Waals surface area contributed by atoms with Gasteiger partial charge in [-0.1, -0.05) is 42.5 Å². The molecule has 4 rings (SSSR count). The van der Waals surface area contributed by atoms with Crippen molar-refractivity contribution in [2.75, 3.05) is 13.7 Å². The second-order valence-corrected chi connectivity index (χ2v) is 7.64. The normalized spacial score (nSPS) is 10.9. The number of carboxylic acids is 1. The molecule has 0 fully saturated rings. The molecule has 0 aliphatic heterocycles.